The Bertz CT molecular complexity index is 784. The first-order chi connectivity index (χ1) is 13.9. The molecule has 2 aromatic rings. The van der Waals surface area contributed by atoms with Gasteiger partial charge in [0.05, 0.1) is 23.2 Å². The van der Waals surface area contributed by atoms with Gasteiger partial charge in [-0.3, -0.25) is 5.43 Å². The van der Waals surface area contributed by atoms with E-state index in [1.165, 1.54) is 6.07 Å². The molecule has 29 heavy (non-hydrogen) atoms. The largest absolute Gasteiger partial charge is 0.461 e. The normalized spacial score (nSPS) is 11.1. The second kappa shape index (κ2) is 15.8. The molecule has 0 heterocycles. The van der Waals surface area contributed by atoms with Crippen LogP contribution in [0.1, 0.15) is 27.7 Å². The number of carbonyl (C=O) groups excluding carboxylic acids is 2. The standard InChI is InChI=1S/C13H14Cl2N2O3.C6H5Cl.C2H6/c1-3-20-13(19)12(8(2)7-18)17-16-11-5-4-9(14)6-10(11)15;7-6-4-2-1-3-5-6;1-2/h4-8,16H,3H2,1-2H3;1-5H;1-2H3/b17-12-;;. The summed E-state index contributed by atoms with van der Waals surface area (Å²) in [7, 11) is 0. The molecule has 0 aliphatic carbocycles. The molecule has 2 aromatic carbocycles. The third kappa shape index (κ3) is 10.9. The van der Waals surface area contributed by atoms with Crippen molar-refractivity contribution < 1.29 is 14.3 Å². The fourth-order valence-electron chi connectivity index (χ4n) is 1.72. The molecule has 1 atom stereocenters. The first kappa shape index (κ1) is 26.9. The Morgan fingerprint density at radius 2 is 1.72 bits per heavy atom. The van der Waals surface area contributed by atoms with Crippen LogP contribution in [-0.4, -0.2) is 24.6 Å². The molecule has 1 N–H and O–H groups in total. The van der Waals surface area contributed by atoms with Crippen LogP contribution in [0.15, 0.2) is 53.6 Å². The molecule has 0 saturated carbocycles. The third-order valence-electron chi connectivity index (χ3n) is 3.08. The highest BCUT2D eigenvalue weighted by Gasteiger charge is 2.20. The Balaban J connectivity index is 0.000000722. The van der Waals surface area contributed by atoms with E-state index in [1.54, 1.807) is 26.0 Å². The molecule has 8 heteroatoms. The van der Waals surface area contributed by atoms with Gasteiger partial charge < -0.3 is 9.53 Å². The van der Waals surface area contributed by atoms with E-state index in [2.05, 4.69) is 10.5 Å². The molecule has 0 aliphatic rings. The quantitative estimate of drug-likeness (QED) is 0.231. The van der Waals surface area contributed by atoms with Crippen molar-refractivity contribution in [3.8, 4) is 0 Å². The highest BCUT2D eigenvalue weighted by Crippen LogP contribution is 2.25. The maximum atomic E-state index is 11.7. The molecule has 5 nitrogen and oxygen atoms in total. The van der Waals surface area contributed by atoms with Gasteiger partial charge in [0.25, 0.3) is 0 Å². The van der Waals surface area contributed by atoms with Gasteiger partial charge in [0, 0.05) is 10.0 Å². The van der Waals surface area contributed by atoms with Crippen LogP contribution in [0.25, 0.3) is 0 Å². The molecule has 158 valence electrons. The van der Waals surface area contributed by atoms with E-state index in [1.807, 2.05) is 44.2 Å². The van der Waals surface area contributed by atoms with Crippen LogP contribution >= 0.6 is 34.8 Å². The molecule has 0 aromatic heterocycles. The van der Waals surface area contributed by atoms with Gasteiger partial charge in [0.1, 0.15) is 6.29 Å². The number of hydrazone groups is 1. The van der Waals surface area contributed by atoms with E-state index >= 15 is 0 Å². The van der Waals surface area contributed by atoms with Crippen LogP contribution in [0.2, 0.25) is 15.1 Å². The van der Waals surface area contributed by atoms with Crippen molar-refractivity contribution in [2.75, 3.05) is 12.0 Å². The smallest absolute Gasteiger partial charge is 0.355 e. The topological polar surface area (TPSA) is 67.8 Å². The Labute approximate surface area is 187 Å². The lowest BCUT2D eigenvalue weighted by Gasteiger charge is -2.10. The number of halogens is 3. The number of carbonyl (C=O) groups is 2. The van der Waals surface area contributed by atoms with Crippen molar-refractivity contribution in [2.45, 2.75) is 27.7 Å². The second-order valence-corrected chi connectivity index (χ2v) is 6.45. The van der Waals surface area contributed by atoms with Gasteiger partial charge in [0.15, 0.2) is 5.71 Å². The van der Waals surface area contributed by atoms with Crippen molar-refractivity contribution in [3.05, 3.63) is 63.6 Å². The first-order valence-electron chi connectivity index (χ1n) is 9.00. The van der Waals surface area contributed by atoms with E-state index in [4.69, 9.17) is 39.5 Å². The molecule has 0 bridgehead atoms. The van der Waals surface area contributed by atoms with E-state index < -0.39 is 11.9 Å². The number of nitrogens with zero attached hydrogens (tertiary/aromatic N) is 1. The summed E-state index contributed by atoms with van der Waals surface area (Å²) in [5, 5.41) is 5.53. The van der Waals surface area contributed by atoms with Gasteiger partial charge >= 0.3 is 5.97 Å². The summed E-state index contributed by atoms with van der Waals surface area (Å²) in [6, 6.07) is 14.2. The predicted octanol–water partition coefficient (Wildman–Crippen LogP) is 6.53. The fraction of sp³-hybridized carbons (Fsp3) is 0.286. The molecule has 0 radical (unpaired) electrons. The summed E-state index contributed by atoms with van der Waals surface area (Å²) in [4.78, 5) is 22.5. The maximum absolute atomic E-state index is 11.7. The van der Waals surface area contributed by atoms with Crippen molar-refractivity contribution in [1.82, 2.24) is 0 Å². The van der Waals surface area contributed by atoms with Crippen molar-refractivity contribution >= 4 is 58.5 Å². The van der Waals surface area contributed by atoms with Crippen LogP contribution in [0.3, 0.4) is 0 Å². The number of hydrogen-bond donors (Lipinski definition) is 1. The first-order valence-corrected chi connectivity index (χ1v) is 10.1. The van der Waals surface area contributed by atoms with Gasteiger partial charge in [-0.2, -0.15) is 5.10 Å². The highest BCUT2D eigenvalue weighted by molar-refractivity contribution is 6.40. The lowest BCUT2D eigenvalue weighted by molar-refractivity contribution is -0.135. The number of hydrogen-bond acceptors (Lipinski definition) is 5. The monoisotopic (exact) mass is 458 g/mol. The SMILES string of the molecule is CC.CCOC(=O)/C(=N\Nc1ccc(Cl)cc1Cl)C(C)C=O.Clc1ccccc1. The lowest BCUT2D eigenvalue weighted by Crippen LogP contribution is -2.26. The van der Waals surface area contributed by atoms with Crippen LogP contribution < -0.4 is 5.43 Å². The molecule has 0 saturated heterocycles. The molecule has 0 aliphatic heterocycles. The number of aldehydes is 1. The Morgan fingerprint density at radius 3 is 2.17 bits per heavy atom. The Morgan fingerprint density at radius 1 is 1.10 bits per heavy atom. The Hall–Kier alpha value is -2.08. The average Bonchev–Trinajstić information content (AvgIpc) is 2.72. The molecule has 0 spiro atoms. The zero-order chi connectivity index (χ0) is 22.2. The fourth-order valence-corrected chi connectivity index (χ4v) is 2.31. The van der Waals surface area contributed by atoms with Gasteiger partial charge in [-0.25, -0.2) is 4.79 Å². The van der Waals surface area contributed by atoms with Crippen LogP contribution in [-0.2, 0) is 14.3 Å². The minimum atomic E-state index is -0.687. The number of benzene rings is 2. The van der Waals surface area contributed by atoms with Crippen molar-refractivity contribution in [1.29, 1.82) is 0 Å². The third-order valence-corrected chi connectivity index (χ3v) is 3.88. The molecule has 0 amide bonds. The van der Waals surface area contributed by atoms with Crippen LogP contribution in [0, 0.1) is 5.92 Å². The summed E-state index contributed by atoms with van der Waals surface area (Å²) in [6.07, 6.45) is 0.612. The summed E-state index contributed by atoms with van der Waals surface area (Å²) in [5.41, 5.74) is 3.08. The van der Waals surface area contributed by atoms with Gasteiger partial charge in [-0.1, -0.05) is 66.8 Å². The number of anilines is 1. The number of nitrogens with one attached hydrogen (secondary N) is 1. The minimum Gasteiger partial charge on any atom is -0.461 e. The molecule has 1 unspecified atom stereocenters. The van der Waals surface area contributed by atoms with Crippen molar-refractivity contribution in [2.24, 2.45) is 11.0 Å². The lowest BCUT2D eigenvalue weighted by atomic mass is 10.1. The zero-order valence-corrected chi connectivity index (χ0v) is 19.1. The summed E-state index contributed by atoms with van der Waals surface area (Å²) in [6.45, 7) is 7.42. The molecule has 2 rings (SSSR count). The number of ether oxygens (including phenoxy) is 1. The van der Waals surface area contributed by atoms with Gasteiger partial charge in [-0.05, 0) is 44.2 Å². The summed E-state index contributed by atoms with van der Waals surface area (Å²) in [5.74, 6) is -1.34. The van der Waals surface area contributed by atoms with E-state index in [9.17, 15) is 9.59 Å². The Kier molecular flexibility index (Phi) is 14.7. The highest BCUT2D eigenvalue weighted by atomic mass is 35.5. The number of esters is 1. The van der Waals surface area contributed by atoms with Gasteiger partial charge in [0.2, 0.25) is 0 Å². The molecule has 0 fully saturated rings. The van der Waals surface area contributed by atoms with Crippen LogP contribution in [0.4, 0.5) is 5.69 Å². The van der Waals surface area contributed by atoms with Crippen molar-refractivity contribution in [3.63, 3.8) is 0 Å². The maximum Gasteiger partial charge on any atom is 0.355 e. The predicted molar refractivity (Wildman–Crippen MR) is 122 cm³/mol. The molecular formula is C21H25Cl3N2O3. The summed E-state index contributed by atoms with van der Waals surface area (Å²) < 4.78 is 4.84. The van der Waals surface area contributed by atoms with Crippen LogP contribution in [0.5, 0.6) is 0 Å². The minimum absolute atomic E-state index is 0.0205. The molecular weight excluding hydrogens is 435 g/mol. The average molecular weight is 460 g/mol. The van der Waals surface area contributed by atoms with E-state index in [0.29, 0.717) is 22.0 Å². The van der Waals surface area contributed by atoms with E-state index in [0.717, 1.165) is 5.02 Å². The zero-order valence-electron chi connectivity index (χ0n) is 16.8. The second-order valence-electron chi connectivity index (χ2n) is 5.17. The van der Waals surface area contributed by atoms with Gasteiger partial charge in [-0.15, -0.1) is 0 Å². The summed E-state index contributed by atoms with van der Waals surface area (Å²) >= 11 is 17.3. The van der Waals surface area contributed by atoms with E-state index in [-0.39, 0.29) is 12.3 Å². The number of rotatable bonds is 6.